The molecule has 2 rings (SSSR count). The molecule has 0 aliphatic rings. The summed E-state index contributed by atoms with van der Waals surface area (Å²) in [6.45, 7) is 3.15. The summed E-state index contributed by atoms with van der Waals surface area (Å²) >= 11 is 12.2. The van der Waals surface area contributed by atoms with E-state index in [0.29, 0.717) is 33.7 Å². The molecule has 0 unspecified atom stereocenters. The van der Waals surface area contributed by atoms with Crippen LogP contribution in [0.5, 0.6) is 5.75 Å². The summed E-state index contributed by atoms with van der Waals surface area (Å²) in [5.74, 6) is 0.171. The van der Waals surface area contributed by atoms with Crippen molar-refractivity contribution in [1.29, 1.82) is 0 Å². The molecule has 2 aromatic carbocycles. The van der Waals surface area contributed by atoms with Crippen molar-refractivity contribution in [2.24, 2.45) is 0 Å². The molecule has 24 heavy (non-hydrogen) atoms. The second-order valence-electron chi connectivity index (χ2n) is 5.73. The lowest BCUT2D eigenvalue weighted by atomic mass is 10.1. The Hall–Kier alpha value is -1.75. The van der Waals surface area contributed by atoms with Gasteiger partial charge in [-0.25, -0.2) is 0 Å². The molecule has 1 amide bonds. The maximum Gasteiger partial charge on any atom is 0.259 e. The molecule has 0 bridgehead atoms. The number of carbonyl (C=O) groups excluding carboxylic acids is 1. The van der Waals surface area contributed by atoms with Crippen LogP contribution in [-0.4, -0.2) is 38.1 Å². The predicted molar refractivity (Wildman–Crippen MR) is 99.6 cm³/mol. The number of halogens is 2. The summed E-state index contributed by atoms with van der Waals surface area (Å²) in [6, 6.07) is 10.4. The van der Waals surface area contributed by atoms with Crippen LogP contribution in [0.3, 0.4) is 0 Å². The molecule has 0 aliphatic carbocycles. The first kappa shape index (κ1) is 18.6. The van der Waals surface area contributed by atoms with Crippen LogP contribution in [0.2, 0.25) is 10.0 Å². The van der Waals surface area contributed by atoms with Crippen molar-refractivity contribution in [2.75, 3.05) is 32.6 Å². The molecular formula is C18H20Cl2N2O2. The number of nitrogens with one attached hydrogen (secondary N) is 1. The Morgan fingerprint density at radius 2 is 1.92 bits per heavy atom. The average molecular weight is 367 g/mol. The number of benzene rings is 2. The minimum atomic E-state index is -0.317. The van der Waals surface area contributed by atoms with Gasteiger partial charge < -0.3 is 15.0 Å². The van der Waals surface area contributed by atoms with E-state index in [4.69, 9.17) is 27.9 Å². The van der Waals surface area contributed by atoms with Crippen LogP contribution in [0.4, 0.5) is 5.69 Å². The molecule has 0 aliphatic heterocycles. The minimum Gasteiger partial charge on any atom is -0.491 e. The monoisotopic (exact) mass is 366 g/mol. The number of nitrogens with zero attached hydrogens (tertiary/aromatic N) is 1. The summed E-state index contributed by atoms with van der Waals surface area (Å²) in [7, 11) is 3.91. The van der Waals surface area contributed by atoms with Gasteiger partial charge in [0.05, 0.1) is 16.3 Å². The van der Waals surface area contributed by atoms with Gasteiger partial charge >= 0.3 is 0 Å². The molecule has 0 radical (unpaired) electrons. The lowest BCUT2D eigenvalue weighted by Crippen LogP contribution is -2.21. The van der Waals surface area contributed by atoms with Gasteiger partial charge in [0.15, 0.2) is 0 Å². The smallest absolute Gasteiger partial charge is 0.259 e. The van der Waals surface area contributed by atoms with E-state index in [1.54, 1.807) is 30.3 Å². The van der Waals surface area contributed by atoms with E-state index in [9.17, 15) is 4.79 Å². The summed E-state index contributed by atoms with van der Waals surface area (Å²) in [5, 5.41) is 3.75. The third kappa shape index (κ3) is 5.13. The number of aryl methyl sites for hydroxylation is 1. The fraction of sp³-hybridized carbons (Fsp3) is 0.278. The van der Waals surface area contributed by atoms with Gasteiger partial charge in [-0.3, -0.25) is 4.79 Å². The first-order chi connectivity index (χ1) is 11.4. The standard InChI is InChI=1S/C18H20Cl2N2O2/c1-12-4-6-16(15(20)10-12)21-18(23)14-11-13(19)5-7-17(14)24-9-8-22(2)3/h4-7,10-11H,8-9H2,1-3H3,(H,21,23). The van der Waals surface area contributed by atoms with Crippen molar-refractivity contribution in [3.8, 4) is 5.75 Å². The number of ether oxygens (including phenoxy) is 1. The molecule has 0 heterocycles. The molecular weight excluding hydrogens is 347 g/mol. The molecule has 2 aromatic rings. The second-order valence-corrected chi connectivity index (χ2v) is 6.57. The van der Waals surface area contributed by atoms with Crippen LogP contribution in [-0.2, 0) is 0 Å². The van der Waals surface area contributed by atoms with E-state index in [1.165, 1.54) is 0 Å². The normalized spacial score (nSPS) is 10.8. The Labute approximate surface area is 152 Å². The van der Waals surface area contributed by atoms with E-state index in [0.717, 1.165) is 12.1 Å². The van der Waals surface area contributed by atoms with Crippen molar-refractivity contribution in [1.82, 2.24) is 4.90 Å². The third-order valence-electron chi connectivity index (χ3n) is 3.36. The van der Waals surface area contributed by atoms with E-state index in [-0.39, 0.29) is 5.91 Å². The molecule has 6 heteroatoms. The van der Waals surface area contributed by atoms with Crippen LogP contribution in [0.25, 0.3) is 0 Å². The largest absolute Gasteiger partial charge is 0.491 e. The second kappa shape index (κ2) is 8.38. The Morgan fingerprint density at radius 3 is 2.58 bits per heavy atom. The van der Waals surface area contributed by atoms with Gasteiger partial charge in [0, 0.05) is 11.6 Å². The molecule has 0 saturated heterocycles. The number of amides is 1. The van der Waals surface area contributed by atoms with E-state index in [1.807, 2.05) is 32.0 Å². The van der Waals surface area contributed by atoms with Crippen LogP contribution in [0, 0.1) is 6.92 Å². The molecule has 0 atom stereocenters. The fourth-order valence-electron chi connectivity index (χ4n) is 2.05. The summed E-state index contributed by atoms with van der Waals surface area (Å²) in [4.78, 5) is 14.6. The zero-order valence-electron chi connectivity index (χ0n) is 13.9. The highest BCUT2D eigenvalue weighted by molar-refractivity contribution is 6.34. The first-order valence-corrected chi connectivity index (χ1v) is 8.27. The molecule has 0 aromatic heterocycles. The highest BCUT2D eigenvalue weighted by Crippen LogP contribution is 2.27. The third-order valence-corrected chi connectivity index (χ3v) is 3.90. The lowest BCUT2D eigenvalue weighted by Gasteiger charge is -2.15. The van der Waals surface area contributed by atoms with Gasteiger partial charge in [-0.05, 0) is 56.9 Å². The molecule has 128 valence electrons. The molecule has 0 spiro atoms. The zero-order chi connectivity index (χ0) is 17.7. The van der Waals surface area contributed by atoms with Crippen molar-refractivity contribution >= 4 is 34.8 Å². The SMILES string of the molecule is Cc1ccc(NC(=O)c2cc(Cl)ccc2OCCN(C)C)c(Cl)c1. The Balaban J connectivity index is 2.19. The van der Waals surface area contributed by atoms with Gasteiger partial charge in [0.2, 0.25) is 0 Å². The first-order valence-electron chi connectivity index (χ1n) is 7.51. The van der Waals surface area contributed by atoms with Gasteiger partial charge in [0.25, 0.3) is 5.91 Å². The van der Waals surface area contributed by atoms with Gasteiger partial charge in [0.1, 0.15) is 12.4 Å². The summed E-state index contributed by atoms with van der Waals surface area (Å²) < 4.78 is 5.72. The Kier molecular flexibility index (Phi) is 6.49. The number of likely N-dealkylation sites (N-methyl/N-ethyl adjacent to an activating group) is 1. The maximum atomic E-state index is 12.6. The number of hydrogen-bond acceptors (Lipinski definition) is 3. The highest BCUT2D eigenvalue weighted by atomic mass is 35.5. The van der Waals surface area contributed by atoms with Crippen LogP contribution < -0.4 is 10.1 Å². The van der Waals surface area contributed by atoms with Crippen LogP contribution >= 0.6 is 23.2 Å². The topological polar surface area (TPSA) is 41.6 Å². The van der Waals surface area contributed by atoms with Crippen molar-refractivity contribution in [2.45, 2.75) is 6.92 Å². The van der Waals surface area contributed by atoms with Gasteiger partial charge in [-0.15, -0.1) is 0 Å². The van der Waals surface area contributed by atoms with Crippen LogP contribution in [0.1, 0.15) is 15.9 Å². The van der Waals surface area contributed by atoms with Crippen molar-refractivity contribution in [3.05, 3.63) is 57.6 Å². The van der Waals surface area contributed by atoms with E-state index < -0.39 is 0 Å². The zero-order valence-corrected chi connectivity index (χ0v) is 15.4. The fourth-order valence-corrected chi connectivity index (χ4v) is 2.51. The minimum absolute atomic E-state index is 0.317. The van der Waals surface area contributed by atoms with Crippen molar-refractivity contribution < 1.29 is 9.53 Å². The molecule has 4 nitrogen and oxygen atoms in total. The molecule has 0 saturated carbocycles. The average Bonchev–Trinajstić information content (AvgIpc) is 2.51. The Bertz CT molecular complexity index is 733. The maximum absolute atomic E-state index is 12.6. The van der Waals surface area contributed by atoms with Gasteiger partial charge in [-0.1, -0.05) is 29.3 Å². The number of carbonyl (C=O) groups is 1. The lowest BCUT2D eigenvalue weighted by molar-refractivity contribution is 0.102. The number of anilines is 1. The Morgan fingerprint density at radius 1 is 1.17 bits per heavy atom. The van der Waals surface area contributed by atoms with Gasteiger partial charge in [-0.2, -0.15) is 0 Å². The summed E-state index contributed by atoms with van der Waals surface area (Å²) in [6.07, 6.45) is 0. The van der Waals surface area contributed by atoms with E-state index in [2.05, 4.69) is 5.32 Å². The molecule has 0 fully saturated rings. The highest BCUT2D eigenvalue weighted by Gasteiger charge is 2.15. The predicted octanol–water partition coefficient (Wildman–Crippen LogP) is 4.49. The molecule has 1 N–H and O–H groups in total. The quantitative estimate of drug-likeness (QED) is 0.818. The number of hydrogen-bond donors (Lipinski definition) is 1. The summed E-state index contributed by atoms with van der Waals surface area (Å²) in [5.41, 5.74) is 1.94. The van der Waals surface area contributed by atoms with Crippen LogP contribution in [0.15, 0.2) is 36.4 Å². The van der Waals surface area contributed by atoms with E-state index >= 15 is 0 Å². The van der Waals surface area contributed by atoms with Crippen molar-refractivity contribution in [3.63, 3.8) is 0 Å². The number of rotatable bonds is 6.